The number of methoxy groups -OCH3 is 1. The van der Waals surface area contributed by atoms with E-state index in [0.717, 1.165) is 24.1 Å². The molecule has 0 amide bonds. The zero-order chi connectivity index (χ0) is 21.2. The number of rotatable bonds is 7. The van der Waals surface area contributed by atoms with Gasteiger partial charge in [-0.1, -0.05) is 0 Å². The van der Waals surface area contributed by atoms with Crippen molar-refractivity contribution in [2.45, 2.75) is 51.4 Å². The molecule has 0 aromatic carbocycles. The van der Waals surface area contributed by atoms with E-state index in [-0.39, 0.29) is 24.9 Å². The largest absolute Gasteiger partial charge is 0.508 e. The van der Waals surface area contributed by atoms with Crippen LogP contribution in [0.3, 0.4) is 0 Å². The molecule has 0 bridgehead atoms. The van der Waals surface area contributed by atoms with Gasteiger partial charge < -0.3 is 24.7 Å². The van der Waals surface area contributed by atoms with Crippen molar-refractivity contribution in [3.8, 4) is 6.07 Å². The molecule has 3 rings (SSSR count). The Kier molecular flexibility index (Phi) is 8.64. The number of fused-ring (bicyclic) bond motifs is 1. The Morgan fingerprint density at radius 3 is 2.97 bits per heavy atom. The molecule has 2 aromatic heterocycles. The predicted octanol–water partition coefficient (Wildman–Crippen LogP) is 2.64. The molecule has 1 aliphatic rings. The normalized spacial score (nSPS) is 19.1. The summed E-state index contributed by atoms with van der Waals surface area (Å²) in [6.45, 7) is 3.92. The van der Waals surface area contributed by atoms with Crippen LogP contribution in [0, 0.1) is 11.3 Å². The van der Waals surface area contributed by atoms with Gasteiger partial charge in [0.05, 0.1) is 17.9 Å². The van der Waals surface area contributed by atoms with Gasteiger partial charge in [-0.05, 0) is 31.9 Å². The molecule has 10 nitrogen and oxygen atoms in total. The Morgan fingerprint density at radius 1 is 1.48 bits per heavy atom. The van der Waals surface area contributed by atoms with Gasteiger partial charge in [-0.3, -0.25) is 0 Å². The van der Waals surface area contributed by atoms with Crippen LogP contribution in [0.25, 0.3) is 5.52 Å². The van der Waals surface area contributed by atoms with E-state index in [0.29, 0.717) is 18.8 Å². The molecule has 1 aliphatic heterocycles. The Balaban J connectivity index is 0.000000941. The van der Waals surface area contributed by atoms with E-state index in [9.17, 15) is 4.79 Å². The maximum atomic E-state index is 11.7. The fourth-order valence-corrected chi connectivity index (χ4v) is 2.96. The van der Waals surface area contributed by atoms with Crippen LogP contribution in [0.15, 0.2) is 18.5 Å². The highest BCUT2D eigenvalue weighted by Crippen LogP contribution is 2.33. The second kappa shape index (κ2) is 11.2. The zero-order valence-corrected chi connectivity index (χ0v) is 16.9. The maximum absolute atomic E-state index is 11.7. The molecule has 1 saturated heterocycles. The first-order chi connectivity index (χ1) is 14.0. The molecular formula is C19H27N5O5. The molecule has 29 heavy (non-hydrogen) atoms. The number of ether oxygens (including phenoxy) is 4. The highest BCUT2D eigenvalue weighted by Gasteiger charge is 2.30. The van der Waals surface area contributed by atoms with E-state index < -0.39 is 6.16 Å². The SMILES string of the molecule is CC#N.COCCC(C)OC(=O)OCC1CCC(c2ccc3c(N)ncnn23)O1. The third-order valence-electron chi connectivity index (χ3n) is 4.36. The summed E-state index contributed by atoms with van der Waals surface area (Å²) in [5.41, 5.74) is 7.51. The summed E-state index contributed by atoms with van der Waals surface area (Å²) in [7, 11) is 1.60. The van der Waals surface area contributed by atoms with Gasteiger partial charge in [-0.15, -0.1) is 0 Å². The summed E-state index contributed by atoms with van der Waals surface area (Å²) >= 11 is 0. The molecule has 0 radical (unpaired) electrons. The summed E-state index contributed by atoms with van der Waals surface area (Å²) < 4.78 is 23.0. The maximum Gasteiger partial charge on any atom is 0.508 e. The summed E-state index contributed by atoms with van der Waals surface area (Å²) in [5, 5.41) is 11.6. The van der Waals surface area contributed by atoms with Crippen LogP contribution in [0.1, 0.15) is 44.9 Å². The van der Waals surface area contributed by atoms with E-state index in [4.69, 9.17) is 29.9 Å². The number of hydrogen-bond acceptors (Lipinski definition) is 9. The van der Waals surface area contributed by atoms with Crippen molar-refractivity contribution < 1.29 is 23.7 Å². The molecule has 1 fully saturated rings. The number of carbonyl (C=O) groups excluding carboxylic acids is 1. The lowest BCUT2D eigenvalue weighted by Gasteiger charge is -2.16. The van der Waals surface area contributed by atoms with Gasteiger partial charge in [0, 0.05) is 27.1 Å². The molecule has 2 N–H and O–H groups in total. The highest BCUT2D eigenvalue weighted by atomic mass is 16.7. The molecule has 10 heteroatoms. The third-order valence-corrected chi connectivity index (χ3v) is 4.36. The lowest BCUT2D eigenvalue weighted by Crippen LogP contribution is -2.22. The fourth-order valence-electron chi connectivity index (χ4n) is 2.96. The average molecular weight is 405 g/mol. The molecule has 3 unspecified atom stereocenters. The summed E-state index contributed by atoms with van der Waals surface area (Å²) in [6.07, 6.45) is 2.39. The monoisotopic (exact) mass is 405 g/mol. The van der Waals surface area contributed by atoms with Gasteiger partial charge in [-0.2, -0.15) is 10.4 Å². The van der Waals surface area contributed by atoms with Crippen molar-refractivity contribution in [2.24, 2.45) is 0 Å². The molecule has 0 saturated carbocycles. The second-order valence-electron chi connectivity index (χ2n) is 6.52. The van der Waals surface area contributed by atoms with Crippen molar-refractivity contribution >= 4 is 17.5 Å². The number of carbonyl (C=O) groups is 1. The molecule has 2 aromatic rings. The molecule has 3 atom stereocenters. The smallest absolute Gasteiger partial charge is 0.432 e. The van der Waals surface area contributed by atoms with Gasteiger partial charge in [0.2, 0.25) is 0 Å². The summed E-state index contributed by atoms with van der Waals surface area (Å²) in [5.74, 6) is 0.425. The van der Waals surface area contributed by atoms with Crippen LogP contribution in [0.4, 0.5) is 10.6 Å². The van der Waals surface area contributed by atoms with E-state index in [2.05, 4.69) is 10.1 Å². The minimum absolute atomic E-state index is 0.128. The number of hydrogen-bond donors (Lipinski definition) is 1. The number of nitrogens with zero attached hydrogens (tertiary/aromatic N) is 4. The van der Waals surface area contributed by atoms with Crippen LogP contribution in [0.5, 0.6) is 0 Å². The van der Waals surface area contributed by atoms with Crippen molar-refractivity contribution in [1.29, 1.82) is 5.26 Å². The topological polar surface area (TPSA) is 134 Å². The first kappa shape index (κ1) is 22.4. The minimum Gasteiger partial charge on any atom is -0.432 e. The van der Waals surface area contributed by atoms with Crippen LogP contribution in [0.2, 0.25) is 0 Å². The van der Waals surface area contributed by atoms with Crippen LogP contribution in [-0.2, 0) is 18.9 Å². The van der Waals surface area contributed by atoms with Crippen LogP contribution < -0.4 is 5.73 Å². The number of aromatic nitrogens is 3. The molecule has 0 spiro atoms. The Hall–Kier alpha value is -2.90. The minimum atomic E-state index is -0.686. The molecule has 158 valence electrons. The zero-order valence-electron chi connectivity index (χ0n) is 16.9. The quantitative estimate of drug-likeness (QED) is 0.690. The van der Waals surface area contributed by atoms with Gasteiger partial charge in [0.1, 0.15) is 30.7 Å². The number of nitrogen functional groups attached to an aromatic ring is 1. The van der Waals surface area contributed by atoms with E-state index in [1.807, 2.05) is 12.1 Å². The Bertz CT molecular complexity index is 834. The molecule has 3 heterocycles. The summed E-state index contributed by atoms with van der Waals surface area (Å²) in [6, 6.07) is 5.55. The molecule has 0 aliphatic carbocycles. The lowest BCUT2D eigenvalue weighted by molar-refractivity contribution is -0.0281. The first-order valence-electron chi connectivity index (χ1n) is 9.36. The van der Waals surface area contributed by atoms with E-state index in [1.54, 1.807) is 24.6 Å². The van der Waals surface area contributed by atoms with E-state index >= 15 is 0 Å². The Morgan fingerprint density at radius 2 is 2.24 bits per heavy atom. The number of nitriles is 1. The standard InChI is InChI=1S/C17H24N4O5.C2H3N/c1-11(7-8-23-2)25-17(22)24-9-12-3-6-15(26-12)13-4-5-14-16(18)19-10-20-21(13)14;1-2-3/h4-5,10-12,15H,3,6-9H2,1-2H3,(H2,18,19,20);1H3. The van der Waals surface area contributed by atoms with Crippen LogP contribution in [-0.4, -0.2) is 53.3 Å². The average Bonchev–Trinajstić information content (AvgIpc) is 3.33. The number of anilines is 1. The lowest BCUT2D eigenvalue weighted by atomic mass is 10.1. The Labute approximate surface area is 169 Å². The van der Waals surface area contributed by atoms with Crippen molar-refractivity contribution in [1.82, 2.24) is 14.6 Å². The second-order valence-corrected chi connectivity index (χ2v) is 6.52. The van der Waals surface area contributed by atoms with Crippen molar-refractivity contribution in [3.05, 3.63) is 24.2 Å². The first-order valence-corrected chi connectivity index (χ1v) is 9.36. The van der Waals surface area contributed by atoms with Gasteiger partial charge >= 0.3 is 6.16 Å². The van der Waals surface area contributed by atoms with Gasteiger partial charge in [0.25, 0.3) is 0 Å². The van der Waals surface area contributed by atoms with Gasteiger partial charge in [0.15, 0.2) is 5.82 Å². The van der Waals surface area contributed by atoms with Crippen LogP contribution >= 0.6 is 0 Å². The molecular weight excluding hydrogens is 378 g/mol. The predicted molar refractivity (Wildman–Crippen MR) is 104 cm³/mol. The highest BCUT2D eigenvalue weighted by molar-refractivity contribution is 5.65. The summed E-state index contributed by atoms with van der Waals surface area (Å²) in [4.78, 5) is 15.7. The van der Waals surface area contributed by atoms with Crippen molar-refractivity contribution in [2.75, 3.05) is 26.1 Å². The third kappa shape index (κ3) is 6.30. The van der Waals surface area contributed by atoms with Crippen molar-refractivity contribution in [3.63, 3.8) is 0 Å². The fraction of sp³-hybridized carbons (Fsp3) is 0.579. The van der Waals surface area contributed by atoms with Gasteiger partial charge in [-0.25, -0.2) is 14.3 Å². The number of nitrogens with two attached hydrogens (primary N) is 1. The van der Waals surface area contributed by atoms with E-state index in [1.165, 1.54) is 13.3 Å².